The van der Waals surface area contributed by atoms with Gasteiger partial charge >= 0.3 is 5.97 Å². The zero-order valence-electron chi connectivity index (χ0n) is 17.2. The first-order valence-corrected chi connectivity index (χ1v) is 13.9. The largest absolute Gasteiger partial charge is 0.494 e. The van der Waals surface area contributed by atoms with E-state index in [1.54, 1.807) is 12.1 Å². The maximum Gasteiger partial charge on any atom is 0.340 e. The molecule has 0 bridgehead atoms. The summed E-state index contributed by atoms with van der Waals surface area (Å²) in [5.74, 6) is -0.175. The van der Waals surface area contributed by atoms with Crippen molar-refractivity contribution in [1.82, 2.24) is 0 Å². The first kappa shape index (κ1) is 27.5. The van der Waals surface area contributed by atoms with E-state index in [0.717, 1.165) is 0 Å². The zero-order chi connectivity index (χ0) is 25.9. The molecule has 2 aromatic carbocycles. The monoisotopic (exact) mass is 808 g/mol. The van der Waals surface area contributed by atoms with E-state index in [9.17, 15) is 9.59 Å². The summed E-state index contributed by atoms with van der Waals surface area (Å²) in [4.78, 5) is 25.7. The summed E-state index contributed by atoms with van der Waals surface area (Å²) in [6.45, 7) is 0. The third-order valence-electron chi connectivity index (χ3n) is 5.12. The smallest absolute Gasteiger partial charge is 0.340 e. The molecule has 0 atom stereocenters. The molecule has 0 saturated heterocycles. The van der Waals surface area contributed by atoms with E-state index >= 15 is 0 Å². The number of hydrogen-bond donors (Lipinski definition) is 0. The summed E-state index contributed by atoms with van der Waals surface area (Å²) in [6.07, 6.45) is 0. The Balaban J connectivity index is 2.41. The molecule has 0 fully saturated rings. The molecule has 0 spiro atoms. The van der Waals surface area contributed by atoms with Crippen LogP contribution < -0.4 is 10.2 Å². The molecule has 1 heterocycles. The number of methoxy groups -OCH3 is 2. The van der Waals surface area contributed by atoms with Crippen LogP contribution in [0.25, 0.3) is 33.4 Å². The van der Waals surface area contributed by atoms with Gasteiger partial charge < -0.3 is 13.9 Å². The lowest BCUT2D eigenvalue weighted by atomic mass is 9.90. The lowest BCUT2D eigenvalue weighted by Crippen LogP contribution is -2.10. The Hall–Kier alpha value is -0.520. The molecule has 1 aliphatic heterocycles. The Morgan fingerprint density at radius 2 is 1.49 bits per heavy atom. The maximum atomic E-state index is 12.9. The second-order valence-corrected chi connectivity index (χ2v) is 11.7. The number of ether oxygens (including phenoxy) is 2. The number of fused-ring (bicyclic) bond motifs is 2. The Kier molecular flexibility index (Phi) is 8.12. The Morgan fingerprint density at radius 1 is 0.857 bits per heavy atom. The molecule has 2 aromatic rings. The molecule has 0 saturated carbocycles. The van der Waals surface area contributed by atoms with Gasteiger partial charge in [0.1, 0.15) is 8.95 Å². The van der Waals surface area contributed by atoms with Gasteiger partial charge in [-0.25, -0.2) is 4.79 Å². The first-order chi connectivity index (χ1) is 16.5. The van der Waals surface area contributed by atoms with Crippen molar-refractivity contribution in [3.8, 4) is 28.2 Å². The number of benzene rings is 3. The molecule has 5 nitrogen and oxygen atoms in total. The number of esters is 1. The van der Waals surface area contributed by atoms with Crippen LogP contribution in [0.1, 0.15) is 10.4 Å². The average molecular weight is 814 g/mol. The van der Waals surface area contributed by atoms with Gasteiger partial charge in [0, 0.05) is 22.1 Å². The van der Waals surface area contributed by atoms with Crippen LogP contribution in [-0.4, -0.2) is 20.2 Å². The predicted octanol–water partition coefficient (Wildman–Crippen LogP) is 10.0. The topological polar surface area (TPSA) is 65.7 Å². The molecule has 0 radical (unpaired) electrons. The number of carbonyl (C=O) groups is 1. The normalized spacial score (nSPS) is 11.4. The second-order valence-electron chi connectivity index (χ2n) is 6.94. The van der Waals surface area contributed by atoms with Crippen molar-refractivity contribution in [3.05, 3.63) is 65.9 Å². The van der Waals surface area contributed by atoms with E-state index in [2.05, 4.69) is 63.7 Å². The quantitative estimate of drug-likeness (QED) is 0.0893. The van der Waals surface area contributed by atoms with Crippen LogP contribution in [0.2, 0.25) is 20.1 Å². The summed E-state index contributed by atoms with van der Waals surface area (Å²) in [5, 5.41) is 0.126. The summed E-state index contributed by atoms with van der Waals surface area (Å²) in [6, 6.07) is 3.28. The van der Waals surface area contributed by atoms with Gasteiger partial charge in [-0.2, -0.15) is 0 Å². The van der Waals surface area contributed by atoms with E-state index in [1.807, 2.05) is 0 Å². The molecule has 0 unspecified atom stereocenters. The minimum Gasteiger partial charge on any atom is -0.494 e. The van der Waals surface area contributed by atoms with Crippen LogP contribution in [0.15, 0.2) is 39.2 Å². The number of hydrogen-bond acceptors (Lipinski definition) is 5. The highest BCUT2D eigenvalue weighted by atomic mass is 79.9. The van der Waals surface area contributed by atoms with E-state index < -0.39 is 5.97 Å². The highest BCUT2D eigenvalue weighted by Gasteiger charge is 2.33. The van der Waals surface area contributed by atoms with Crippen molar-refractivity contribution >= 4 is 127 Å². The van der Waals surface area contributed by atoms with Gasteiger partial charge in [-0.05, 0) is 75.9 Å². The molecule has 182 valence electrons. The van der Waals surface area contributed by atoms with E-state index in [-0.39, 0.29) is 51.4 Å². The van der Waals surface area contributed by atoms with E-state index in [1.165, 1.54) is 14.2 Å². The summed E-state index contributed by atoms with van der Waals surface area (Å²) >= 11 is 39.5. The van der Waals surface area contributed by atoms with Crippen molar-refractivity contribution in [3.63, 3.8) is 0 Å². The van der Waals surface area contributed by atoms with Crippen LogP contribution >= 0.6 is 110 Å². The third kappa shape index (κ3) is 4.34. The molecular weight excluding hydrogens is 806 g/mol. The Bertz CT molecular complexity index is 1600. The van der Waals surface area contributed by atoms with Crippen LogP contribution in [-0.2, 0) is 4.74 Å². The van der Waals surface area contributed by atoms with Crippen LogP contribution in [0.5, 0.6) is 5.75 Å². The Morgan fingerprint density at radius 3 is 2.09 bits per heavy atom. The molecule has 4 rings (SSSR count). The molecule has 13 heteroatoms. The van der Waals surface area contributed by atoms with Crippen LogP contribution in [0.3, 0.4) is 0 Å². The standard InChI is InChI=1S/C22H8Br4Cl4O5/c1-33-21-8(24)4-6-9(10-11(22(32)34-2)15(28)17(30)16(29)14(10)27)5-3-7(23)18(31)12(25)19(5)35-20(6)13(21)26/h3-4H,1-2H3. The highest BCUT2D eigenvalue weighted by Crippen LogP contribution is 2.54. The van der Waals surface area contributed by atoms with Crippen LogP contribution in [0, 0.1) is 0 Å². The minimum atomic E-state index is -0.794. The van der Waals surface area contributed by atoms with Gasteiger partial charge in [0.25, 0.3) is 0 Å². The summed E-state index contributed by atoms with van der Waals surface area (Å²) < 4.78 is 18.0. The lowest BCUT2D eigenvalue weighted by Gasteiger charge is -2.22. The fourth-order valence-electron chi connectivity index (χ4n) is 3.60. The maximum absolute atomic E-state index is 12.9. The fourth-order valence-corrected chi connectivity index (χ4v) is 7.35. The SMILES string of the molecule is COC(=O)c1c(Cl)c(Cl)c(Cl)c(Cl)c1-c1c2cc(Br)c(=O)c(Br)c-2oc2c(Br)c(OC)c(Br)cc12. The van der Waals surface area contributed by atoms with Gasteiger partial charge in [0.05, 0.1) is 48.8 Å². The van der Waals surface area contributed by atoms with Crippen molar-refractivity contribution in [2.75, 3.05) is 14.2 Å². The van der Waals surface area contributed by atoms with E-state index in [4.69, 9.17) is 60.3 Å². The highest BCUT2D eigenvalue weighted by molar-refractivity contribution is 9.11. The number of rotatable bonds is 3. The number of carbonyl (C=O) groups excluding carboxylic acids is 1. The molecular formula is C22H8Br4Cl4O5. The molecule has 2 aliphatic rings. The lowest BCUT2D eigenvalue weighted by molar-refractivity contribution is 0.0602. The molecule has 35 heavy (non-hydrogen) atoms. The first-order valence-electron chi connectivity index (χ1n) is 9.21. The third-order valence-corrected chi connectivity index (χ3v) is 9.54. The predicted molar refractivity (Wildman–Crippen MR) is 153 cm³/mol. The van der Waals surface area contributed by atoms with Crippen molar-refractivity contribution in [1.29, 1.82) is 0 Å². The average Bonchev–Trinajstić information content (AvgIpc) is 2.83. The summed E-state index contributed by atoms with van der Waals surface area (Å²) in [7, 11) is 2.69. The van der Waals surface area contributed by atoms with Gasteiger partial charge in [-0.3, -0.25) is 4.79 Å². The van der Waals surface area contributed by atoms with Crippen molar-refractivity contribution in [2.45, 2.75) is 0 Å². The van der Waals surface area contributed by atoms with Crippen LogP contribution in [0.4, 0.5) is 0 Å². The van der Waals surface area contributed by atoms with Gasteiger partial charge in [0.15, 0.2) is 17.1 Å². The second kappa shape index (κ2) is 10.3. The summed E-state index contributed by atoms with van der Waals surface area (Å²) in [5.41, 5.74) is 0.787. The van der Waals surface area contributed by atoms with E-state index in [0.29, 0.717) is 36.8 Å². The zero-order valence-corrected chi connectivity index (χ0v) is 26.6. The molecule has 0 amide bonds. The van der Waals surface area contributed by atoms with Crippen molar-refractivity contribution < 1.29 is 18.7 Å². The minimum absolute atomic E-state index is 0.0447. The van der Waals surface area contributed by atoms with Gasteiger partial charge in [-0.1, -0.05) is 46.4 Å². The molecule has 0 aromatic heterocycles. The fraction of sp³-hybridized carbons (Fsp3) is 0.0909. The van der Waals surface area contributed by atoms with Gasteiger partial charge in [0.2, 0.25) is 5.43 Å². The molecule has 1 aliphatic carbocycles. The number of halogens is 8. The Labute approximate surface area is 251 Å². The van der Waals surface area contributed by atoms with Crippen molar-refractivity contribution in [2.24, 2.45) is 0 Å². The van der Waals surface area contributed by atoms with Gasteiger partial charge in [-0.15, -0.1) is 0 Å². The molecule has 0 N–H and O–H groups in total.